The van der Waals surface area contributed by atoms with Gasteiger partial charge < -0.3 is 5.73 Å². The summed E-state index contributed by atoms with van der Waals surface area (Å²) in [6.07, 6.45) is 8.96. The summed E-state index contributed by atoms with van der Waals surface area (Å²) in [5.74, 6) is 0.563. The number of benzene rings is 1. The maximum atomic E-state index is 6.06. The molecule has 0 heterocycles. The maximum Gasteiger partial charge on any atom is 0.119 e. The smallest absolute Gasteiger partial charge is 0.119 e. The topological polar surface area (TPSA) is 38.4 Å². The van der Waals surface area contributed by atoms with Crippen molar-refractivity contribution in [2.75, 3.05) is 0 Å². The number of nitrogens with zero attached hydrogens (tertiary/aromatic N) is 1. The molecule has 2 N–H and O–H groups in total. The van der Waals surface area contributed by atoms with Crippen molar-refractivity contribution in [3.63, 3.8) is 0 Å². The molecule has 17 heavy (non-hydrogen) atoms. The quantitative estimate of drug-likeness (QED) is 0.791. The Labute approximate surface area is 103 Å². The Bertz CT molecular complexity index is 443. The molecule has 88 valence electrons. The predicted molar refractivity (Wildman–Crippen MR) is 73.0 cm³/mol. The number of hydrogen-bond acceptors (Lipinski definition) is 2. The van der Waals surface area contributed by atoms with Gasteiger partial charge in [-0.15, -0.1) is 0 Å². The van der Waals surface area contributed by atoms with Crippen LogP contribution in [0.15, 0.2) is 59.1 Å². The molecule has 2 atom stereocenters. The molecule has 0 bridgehead atoms. The van der Waals surface area contributed by atoms with Crippen LogP contribution in [-0.2, 0) is 0 Å². The Morgan fingerprint density at radius 3 is 2.82 bits per heavy atom. The van der Waals surface area contributed by atoms with Crippen molar-refractivity contribution in [1.29, 1.82) is 0 Å². The van der Waals surface area contributed by atoms with Crippen molar-refractivity contribution < 1.29 is 0 Å². The lowest BCUT2D eigenvalue weighted by atomic mass is 9.94. The van der Waals surface area contributed by atoms with E-state index in [0.29, 0.717) is 5.92 Å². The molecule has 1 aliphatic carbocycles. The second-order valence-corrected chi connectivity index (χ2v) is 4.44. The highest BCUT2D eigenvalue weighted by Crippen LogP contribution is 2.20. The number of hydrogen-bond donors (Lipinski definition) is 1. The third-order valence-corrected chi connectivity index (χ3v) is 2.87. The fourth-order valence-corrected chi connectivity index (χ4v) is 1.90. The molecule has 0 amide bonds. The number of allylic oxidation sites excluding steroid dienone is 3. The highest BCUT2D eigenvalue weighted by molar-refractivity contribution is 5.79. The zero-order valence-corrected chi connectivity index (χ0v) is 10.1. The average Bonchev–Trinajstić information content (AvgIpc) is 2.37. The van der Waals surface area contributed by atoms with Gasteiger partial charge >= 0.3 is 0 Å². The molecule has 1 aromatic rings. The van der Waals surface area contributed by atoms with E-state index < -0.39 is 0 Å². The van der Waals surface area contributed by atoms with Gasteiger partial charge in [0.25, 0.3) is 0 Å². The predicted octanol–water partition coefficient (Wildman–Crippen LogP) is 2.91. The summed E-state index contributed by atoms with van der Waals surface area (Å²) in [6.45, 7) is 2.19. The van der Waals surface area contributed by atoms with Crippen LogP contribution in [0.5, 0.6) is 0 Å². The Balaban J connectivity index is 2.02. The first kappa shape index (κ1) is 11.8. The van der Waals surface area contributed by atoms with Crippen molar-refractivity contribution in [2.45, 2.75) is 19.5 Å². The first-order valence-corrected chi connectivity index (χ1v) is 5.97. The average molecular weight is 226 g/mol. The fraction of sp³-hybridized carbons (Fsp3) is 0.267. The molecule has 0 spiro atoms. The third-order valence-electron chi connectivity index (χ3n) is 2.87. The van der Waals surface area contributed by atoms with Crippen LogP contribution >= 0.6 is 0 Å². The minimum absolute atomic E-state index is 0.220. The van der Waals surface area contributed by atoms with Crippen LogP contribution in [0, 0.1) is 5.92 Å². The van der Waals surface area contributed by atoms with Gasteiger partial charge in [-0.1, -0.05) is 55.5 Å². The van der Waals surface area contributed by atoms with E-state index >= 15 is 0 Å². The monoisotopic (exact) mass is 226 g/mol. The molecule has 0 radical (unpaired) electrons. The van der Waals surface area contributed by atoms with Crippen molar-refractivity contribution >= 4 is 6.21 Å². The van der Waals surface area contributed by atoms with Gasteiger partial charge in [-0.3, -0.25) is 4.99 Å². The third kappa shape index (κ3) is 3.40. The van der Waals surface area contributed by atoms with Crippen LogP contribution in [-0.4, -0.2) is 12.4 Å². The molecule has 1 aromatic carbocycles. The zero-order valence-electron chi connectivity index (χ0n) is 10.1. The molecule has 2 heteroatoms. The Morgan fingerprint density at radius 1 is 1.35 bits per heavy atom. The van der Waals surface area contributed by atoms with E-state index in [-0.39, 0.29) is 6.17 Å². The highest BCUT2D eigenvalue weighted by Gasteiger charge is 2.11. The highest BCUT2D eigenvalue weighted by atomic mass is 14.9. The molecular weight excluding hydrogens is 208 g/mol. The van der Waals surface area contributed by atoms with Gasteiger partial charge in [-0.2, -0.15) is 0 Å². The molecule has 0 aromatic heterocycles. The minimum atomic E-state index is -0.220. The first-order valence-electron chi connectivity index (χ1n) is 5.97. The van der Waals surface area contributed by atoms with Gasteiger partial charge in [0.05, 0.1) is 0 Å². The molecule has 0 saturated carbocycles. The Hall–Kier alpha value is -1.67. The van der Waals surface area contributed by atoms with E-state index in [1.54, 1.807) is 0 Å². The van der Waals surface area contributed by atoms with Gasteiger partial charge in [0.2, 0.25) is 0 Å². The summed E-state index contributed by atoms with van der Waals surface area (Å²) in [6, 6.07) is 10.0. The minimum Gasteiger partial charge on any atom is -0.306 e. The molecule has 1 aliphatic rings. The van der Waals surface area contributed by atoms with Crippen LogP contribution in [0.25, 0.3) is 0 Å². The molecular formula is C15H18N2. The van der Waals surface area contributed by atoms with Gasteiger partial charge in [0.15, 0.2) is 0 Å². The summed E-state index contributed by atoms with van der Waals surface area (Å²) in [4.78, 5) is 4.40. The summed E-state index contributed by atoms with van der Waals surface area (Å²) in [5, 5.41) is 0. The summed E-state index contributed by atoms with van der Waals surface area (Å²) >= 11 is 0. The SMILES string of the molecule is CC1C=CC=C(C(N)N=Cc2ccccc2)C1. The zero-order chi connectivity index (χ0) is 12.1. The van der Waals surface area contributed by atoms with Crippen LogP contribution in [0.4, 0.5) is 0 Å². The van der Waals surface area contributed by atoms with Gasteiger partial charge in [-0.05, 0) is 23.5 Å². The molecule has 0 fully saturated rings. The van der Waals surface area contributed by atoms with E-state index in [9.17, 15) is 0 Å². The molecule has 0 aliphatic heterocycles. The van der Waals surface area contributed by atoms with E-state index in [4.69, 9.17) is 5.73 Å². The number of aliphatic imine (C=N–C) groups is 1. The Kier molecular flexibility index (Phi) is 3.89. The molecule has 2 unspecified atom stereocenters. The van der Waals surface area contributed by atoms with Crippen LogP contribution in [0.2, 0.25) is 0 Å². The fourth-order valence-electron chi connectivity index (χ4n) is 1.90. The lowest BCUT2D eigenvalue weighted by Crippen LogP contribution is -2.22. The lowest BCUT2D eigenvalue weighted by molar-refractivity contribution is 0.649. The van der Waals surface area contributed by atoms with Crippen LogP contribution in [0.3, 0.4) is 0 Å². The largest absolute Gasteiger partial charge is 0.306 e. The van der Waals surface area contributed by atoms with Crippen molar-refractivity contribution in [3.8, 4) is 0 Å². The summed E-state index contributed by atoms with van der Waals surface area (Å²) in [5.41, 5.74) is 8.35. The normalized spacial score (nSPS) is 21.5. The van der Waals surface area contributed by atoms with Gasteiger partial charge in [0.1, 0.15) is 6.17 Å². The number of rotatable bonds is 3. The second-order valence-electron chi connectivity index (χ2n) is 4.44. The van der Waals surface area contributed by atoms with Crippen molar-refractivity contribution in [1.82, 2.24) is 0 Å². The first-order chi connectivity index (χ1) is 8.25. The molecule has 0 saturated heterocycles. The summed E-state index contributed by atoms with van der Waals surface area (Å²) < 4.78 is 0. The second kappa shape index (κ2) is 5.60. The van der Waals surface area contributed by atoms with Crippen molar-refractivity contribution in [2.24, 2.45) is 16.6 Å². The van der Waals surface area contributed by atoms with Crippen LogP contribution < -0.4 is 5.73 Å². The molecule has 2 rings (SSSR count). The summed E-state index contributed by atoms with van der Waals surface area (Å²) in [7, 11) is 0. The maximum absolute atomic E-state index is 6.06. The van der Waals surface area contributed by atoms with E-state index in [0.717, 1.165) is 12.0 Å². The number of nitrogens with two attached hydrogens (primary N) is 1. The lowest BCUT2D eigenvalue weighted by Gasteiger charge is -2.17. The van der Waals surface area contributed by atoms with E-state index in [2.05, 4.69) is 30.1 Å². The Morgan fingerprint density at radius 2 is 2.12 bits per heavy atom. The van der Waals surface area contributed by atoms with E-state index in [1.165, 1.54) is 5.57 Å². The van der Waals surface area contributed by atoms with E-state index in [1.807, 2.05) is 36.5 Å². The van der Waals surface area contributed by atoms with Gasteiger partial charge in [0, 0.05) is 6.21 Å². The molecule has 2 nitrogen and oxygen atoms in total. The standard InChI is InChI=1S/C15H18N2/c1-12-6-5-9-14(10-12)15(16)17-11-13-7-3-2-4-8-13/h2-9,11-12,15H,10,16H2,1H3. The van der Waals surface area contributed by atoms with Crippen molar-refractivity contribution in [3.05, 3.63) is 59.7 Å². The van der Waals surface area contributed by atoms with Crippen LogP contribution in [0.1, 0.15) is 18.9 Å². The van der Waals surface area contributed by atoms with Gasteiger partial charge in [-0.25, -0.2) is 0 Å².